The van der Waals surface area contributed by atoms with E-state index in [1.54, 1.807) is 0 Å². The first-order chi connectivity index (χ1) is 9.93. The highest BCUT2D eigenvalue weighted by Crippen LogP contribution is 2.28. The van der Waals surface area contributed by atoms with Crippen LogP contribution in [0.2, 0.25) is 0 Å². The molecular formula is C19H33NO. The molecule has 120 valence electrons. The highest BCUT2D eigenvalue weighted by Gasteiger charge is 2.10. The van der Waals surface area contributed by atoms with Crippen LogP contribution in [0.25, 0.3) is 0 Å². The van der Waals surface area contributed by atoms with E-state index in [2.05, 4.69) is 52.8 Å². The first kappa shape index (κ1) is 18.0. The Bertz CT molecular complexity index is 412. The lowest BCUT2D eigenvalue weighted by atomic mass is 9.96. The third-order valence-electron chi connectivity index (χ3n) is 3.83. The molecule has 0 saturated carbocycles. The number of nitrogens with two attached hydrogens (primary N) is 1. The molecule has 0 spiro atoms. The number of ether oxygens (including phenoxy) is 1. The van der Waals surface area contributed by atoms with E-state index >= 15 is 0 Å². The van der Waals surface area contributed by atoms with Crippen molar-refractivity contribution in [2.45, 2.75) is 72.3 Å². The number of rotatable bonds is 9. The summed E-state index contributed by atoms with van der Waals surface area (Å²) in [5.74, 6) is 2.10. The van der Waals surface area contributed by atoms with E-state index in [0.717, 1.165) is 31.6 Å². The summed E-state index contributed by atoms with van der Waals surface area (Å²) in [6.07, 6.45) is 4.45. The molecule has 2 nitrogen and oxygen atoms in total. The van der Waals surface area contributed by atoms with Gasteiger partial charge in [0, 0.05) is 6.04 Å². The second-order valence-corrected chi connectivity index (χ2v) is 6.79. The Morgan fingerprint density at radius 1 is 1.14 bits per heavy atom. The maximum Gasteiger partial charge on any atom is 0.122 e. The van der Waals surface area contributed by atoms with Gasteiger partial charge in [0.1, 0.15) is 5.75 Å². The van der Waals surface area contributed by atoms with Gasteiger partial charge in [-0.25, -0.2) is 0 Å². The Labute approximate surface area is 131 Å². The second kappa shape index (κ2) is 9.09. The zero-order chi connectivity index (χ0) is 15.8. The summed E-state index contributed by atoms with van der Waals surface area (Å²) in [5.41, 5.74) is 8.72. The first-order valence-corrected chi connectivity index (χ1v) is 8.45. The molecule has 0 fully saturated rings. The van der Waals surface area contributed by atoms with Crippen molar-refractivity contribution in [1.29, 1.82) is 0 Å². The van der Waals surface area contributed by atoms with Gasteiger partial charge >= 0.3 is 0 Å². The van der Waals surface area contributed by atoms with Crippen LogP contribution in [0.15, 0.2) is 18.2 Å². The van der Waals surface area contributed by atoms with Gasteiger partial charge in [0.25, 0.3) is 0 Å². The van der Waals surface area contributed by atoms with Crippen LogP contribution in [0.5, 0.6) is 5.75 Å². The van der Waals surface area contributed by atoms with E-state index in [4.69, 9.17) is 10.5 Å². The van der Waals surface area contributed by atoms with E-state index in [0.29, 0.717) is 17.9 Å². The van der Waals surface area contributed by atoms with Crippen molar-refractivity contribution >= 4 is 0 Å². The lowest BCUT2D eigenvalue weighted by Gasteiger charge is -2.17. The zero-order valence-corrected chi connectivity index (χ0v) is 14.5. The van der Waals surface area contributed by atoms with E-state index < -0.39 is 0 Å². The maximum absolute atomic E-state index is 5.99. The molecule has 2 N–H and O–H groups in total. The van der Waals surface area contributed by atoms with Gasteiger partial charge in [0.2, 0.25) is 0 Å². The summed E-state index contributed by atoms with van der Waals surface area (Å²) in [6.45, 7) is 11.8. The molecule has 1 aromatic rings. The summed E-state index contributed by atoms with van der Waals surface area (Å²) in [7, 11) is 0. The molecule has 1 rings (SSSR count). The standard InChI is InChI=1S/C19H33NO/c1-6-17(20)9-7-8-16-10-11-19(21-13-14(2)3)18(12-16)15(4)5/h10-12,14-15,17H,6-9,13,20H2,1-5H3. The lowest BCUT2D eigenvalue weighted by Crippen LogP contribution is -2.18. The predicted octanol–water partition coefficient (Wildman–Crippen LogP) is 4.90. The fourth-order valence-electron chi connectivity index (χ4n) is 2.37. The minimum Gasteiger partial charge on any atom is -0.493 e. The van der Waals surface area contributed by atoms with Crippen LogP contribution < -0.4 is 10.5 Å². The molecule has 1 unspecified atom stereocenters. The van der Waals surface area contributed by atoms with Crippen molar-refractivity contribution in [2.24, 2.45) is 11.7 Å². The highest BCUT2D eigenvalue weighted by atomic mass is 16.5. The third-order valence-corrected chi connectivity index (χ3v) is 3.83. The average Bonchev–Trinajstić information content (AvgIpc) is 2.45. The minimum atomic E-state index is 0.350. The number of hydrogen-bond donors (Lipinski definition) is 1. The Balaban J connectivity index is 2.69. The fourth-order valence-corrected chi connectivity index (χ4v) is 2.37. The third kappa shape index (κ3) is 6.52. The van der Waals surface area contributed by atoms with Crippen LogP contribution >= 0.6 is 0 Å². The van der Waals surface area contributed by atoms with Gasteiger partial charge in [-0.15, -0.1) is 0 Å². The molecule has 0 aliphatic carbocycles. The normalized spacial score (nSPS) is 13.0. The van der Waals surface area contributed by atoms with Crippen LogP contribution in [-0.2, 0) is 6.42 Å². The maximum atomic E-state index is 5.99. The number of aryl methyl sites for hydroxylation is 1. The molecule has 0 aliphatic rings. The summed E-state index contributed by atoms with van der Waals surface area (Å²) >= 11 is 0. The molecule has 2 heteroatoms. The van der Waals surface area contributed by atoms with Crippen molar-refractivity contribution in [2.75, 3.05) is 6.61 Å². The van der Waals surface area contributed by atoms with E-state index in [1.807, 2.05) is 0 Å². The van der Waals surface area contributed by atoms with E-state index in [9.17, 15) is 0 Å². The minimum absolute atomic E-state index is 0.350. The Morgan fingerprint density at radius 2 is 1.86 bits per heavy atom. The Morgan fingerprint density at radius 3 is 2.43 bits per heavy atom. The van der Waals surface area contributed by atoms with Crippen LogP contribution in [-0.4, -0.2) is 12.6 Å². The molecule has 1 aromatic carbocycles. The molecule has 0 bridgehead atoms. The van der Waals surface area contributed by atoms with Crippen molar-refractivity contribution in [3.05, 3.63) is 29.3 Å². The molecule has 0 aliphatic heterocycles. The highest BCUT2D eigenvalue weighted by molar-refractivity contribution is 5.39. The van der Waals surface area contributed by atoms with Crippen LogP contribution in [0, 0.1) is 5.92 Å². The predicted molar refractivity (Wildman–Crippen MR) is 92.1 cm³/mol. The molecule has 0 heterocycles. The number of benzene rings is 1. The topological polar surface area (TPSA) is 35.2 Å². The molecule has 1 atom stereocenters. The van der Waals surface area contributed by atoms with Gasteiger partial charge in [-0.3, -0.25) is 0 Å². The second-order valence-electron chi connectivity index (χ2n) is 6.79. The average molecular weight is 291 g/mol. The first-order valence-electron chi connectivity index (χ1n) is 8.45. The summed E-state index contributed by atoms with van der Waals surface area (Å²) in [4.78, 5) is 0. The number of hydrogen-bond acceptors (Lipinski definition) is 2. The molecular weight excluding hydrogens is 258 g/mol. The van der Waals surface area contributed by atoms with Crippen LogP contribution in [0.1, 0.15) is 70.9 Å². The van der Waals surface area contributed by atoms with Gasteiger partial charge in [0.15, 0.2) is 0 Å². The Kier molecular flexibility index (Phi) is 7.81. The van der Waals surface area contributed by atoms with Gasteiger partial charge in [0.05, 0.1) is 6.61 Å². The monoisotopic (exact) mass is 291 g/mol. The quantitative estimate of drug-likeness (QED) is 0.702. The smallest absolute Gasteiger partial charge is 0.122 e. The lowest BCUT2D eigenvalue weighted by molar-refractivity contribution is 0.267. The van der Waals surface area contributed by atoms with Crippen molar-refractivity contribution in [3.63, 3.8) is 0 Å². The van der Waals surface area contributed by atoms with Crippen molar-refractivity contribution in [1.82, 2.24) is 0 Å². The molecule has 0 saturated heterocycles. The summed E-state index contributed by atoms with van der Waals surface area (Å²) in [5, 5.41) is 0. The van der Waals surface area contributed by atoms with Gasteiger partial charge < -0.3 is 10.5 Å². The Hall–Kier alpha value is -1.02. The summed E-state index contributed by atoms with van der Waals surface area (Å²) in [6, 6.07) is 7.02. The van der Waals surface area contributed by atoms with Crippen molar-refractivity contribution in [3.8, 4) is 5.75 Å². The van der Waals surface area contributed by atoms with Crippen molar-refractivity contribution < 1.29 is 4.74 Å². The summed E-state index contributed by atoms with van der Waals surface area (Å²) < 4.78 is 5.95. The molecule has 21 heavy (non-hydrogen) atoms. The SMILES string of the molecule is CCC(N)CCCc1ccc(OCC(C)C)c(C(C)C)c1. The largest absolute Gasteiger partial charge is 0.493 e. The van der Waals surface area contributed by atoms with E-state index in [-0.39, 0.29) is 0 Å². The van der Waals surface area contributed by atoms with Gasteiger partial charge in [-0.2, -0.15) is 0 Å². The molecule has 0 amide bonds. The van der Waals surface area contributed by atoms with Gasteiger partial charge in [-0.05, 0) is 54.7 Å². The molecule has 0 radical (unpaired) electrons. The molecule has 0 aromatic heterocycles. The van der Waals surface area contributed by atoms with Crippen LogP contribution in [0.4, 0.5) is 0 Å². The van der Waals surface area contributed by atoms with Gasteiger partial charge in [-0.1, -0.05) is 46.8 Å². The zero-order valence-electron chi connectivity index (χ0n) is 14.5. The fraction of sp³-hybridized carbons (Fsp3) is 0.684. The van der Waals surface area contributed by atoms with Crippen LogP contribution in [0.3, 0.4) is 0 Å². The van der Waals surface area contributed by atoms with E-state index in [1.165, 1.54) is 17.5 Å².